The number of hydrogen-bond donors (Lipinski definition) is 2. The number of phenols is 1. The number of fused-ring (bicyclic) bond motifs is 1. The first-order valence-electron chi connectivity index (χ1n) is 8.46. The first-order chi connectivity index (χ1) is 13.4. The molecule has 0 bridgehead atoms. The fraction of sp³-hybridized carbons (Fsp3) is 0.0476. The number of rotatable bonds is 3. The zero-order valence-electron chi connectivity index (χ0n) is 14.8. The molecule has 2 aromatic carbocycles. The molecule has 0 aliphatic carbocycles. The topological polar surface area (TPSA) is 66.6 Å². The number of aromatic hydroxyl groups is 1. The van der Waals surface area contributed by atoms with Gasteiger partial charge in [0.2, 0.25) is 0 Å². The molecule has 0 fully saturated rings. The molecule has 2 heterocycles. The number of anilines is 1. The number of benzene rings is 2. The number of imidazole rings is 1. The molecule has 0 aliphatic rings. The van der Waals surface area contributed by atoms with Crippen LogP contribution >= 0.6 is 0 Å². The Kier molecular flexibility index (Phi) is 4.27. The van der Waals surface area contributed by atoms with E-state index >= 15 is 0 Å². The van der Waals surface area contributed by atoms with Crippen molar-refractivity contribution in [3.8, 4) is 17.0 Å². The van der Waals surface area contributed by atoms with Crippen molar-refractivity contribution in [1.29, 1.82) is 0 Å². The highest BCUT2D eigenvalue weighted by molar-refractivity contribution is 6.04. The predicted molar refractivity (Wildman–Crippen MR) is 101 cm³/mol. The van der Waals surface area contributed by atoms with Crippen molar-refractivity contribution in [2.24, 2.45) is 0 Å². The second kappa shape index (κ2) is 6.77. The molecule has 0 aliphatic heterocycles. The molecule has 140 valence electrons. The fourth-order valence-electron chi connectivity index (χ4n) is 2.87. The van der Waals surface area contributed by atoms with Gasteiger partial charge >= 0.3 is 0 Å². The van der Waals surface area contributed by atoms with Crippen molar-refractivity contribution in [2.45, 2.75) is 6.92 Å². The Balaban J connectivity index is 1.55. The van der Waals surface area contributed by atoms with E-state index in [1.165, 1.54) is 0 Å². The van der Waals surface area contributed by atoms with E-state index in [0.717, 1.165) is 34.6 Å². The molecule has 0 atom stereocenters. The summed E-state index contributed by atoms with van der Waals surface area (Å²) in [6.07, 6.45) is 3.90. The van der Waals surface area contributed by atoms with Crippen molar-refractivity contribution in [3.63, 3.8) is 0 Å². The third-order valence-corrected chi connectivity index (χ3v) is 4.32. The minimum atomic E-state index is -1.19. The third kappa shape index (κ3) is 3.29. The zero-order chi connectivity index (χ0) is 19.8. The fourth-order valence-corrected chi connectivity index (χ4v) is 2.87. The largest absolute Gasteiger partial charge is 0.503 e. The summed E-state index contributed by atoms with van der Waals surface area (Å²) < 4.78 is 28.8. The molecule has 2 aromatic heterocycles. The number of pyridine rings is 1. The maximum atomic E-state index is 13.4. The zero-order valence-corrected chi connectivity index (χ0v) is 14.8. The highest BCUT2D eigenvalue weighted by Crippen LogP contribution is 2.24. The van der Waals surface area contributed by atoms with E-state index in [0.29, 0.717) is 5.69 Å². The Bertz CT molecular complexity index is 1180. The molecule has 0 spiro atoms. The summed E-state index contributed by atoms with van der Waals surface area (Å²) in [5.74, 6) is -4.18. The van der Waals surface area contributed by atoms with Gasteiger partial charge in [-0.3, -0.25) is 4.79 Å². The lowest BCUT2D eigenvalue weighted by atomic mass is 10.1. The van der Waals surface area contributed by atoms with Gasteiger partial charge in [-0.05, 0) is 42.8 Å². The van der Waals surface area contributed by atoms with Crippen molar-refractivity contribution in [2.75, 3.05) is 5.32 Å². The Hall–Kier alpha value is -3.74. The second-order valence-electron chi connectivity index (χ2n) is 6.42. The van der Waals surface area contributed by atoms with E-state index in [1.54, 1.807) is 24.3 Å². The average Bonchev–Trinajstić information content (AvgIpc) is 3.09. The van der Waals surface area contributed by atoms with Gasteiger partial charge in [0.05, 0.1) is 5.69 Å². The average molecular weight is 379 g/mol. The molecular weight excluding hydrogens is 364 g/mol. The summed E-state index contributed by atoms with van der Waals surface area (Å²) in [5, 5.41) is 11.7. The van der Waals surface area contributed by atoms with Gasteiger partial charge in [-0.2, -0.15) is 0 Å². The monoisotopic (exact) mass is 379 g/mol. The SMILES string of the molecule is Cc1ccc2nc(-c3ccc(NC(=O)c4cc(F)c(O)c(F)c4)cc3)cn2c1. The third-order valence-electron chi connectivity index (χ3n) is 4.32. The number of hydrogen-bond acceptors (Lipinski definition) is 3. The molecule has 7 heteroatoms. The summed E-state index contributed by atoms with van der Waals surface area (Å²) in [6, 6.07) is 12.4. The number of halogens is 2. The Morgan fingerprint density at radius 3 is 2.39 bits per heavy atom. The highest BCUT2D eigenvalue weighted by atomic mass is 19.1. The normalized spacial score (nSPS) is 11.0. The maximum absolute atomic E-state index is 13.4. The van der Waals surface area contributed by atoms with Crippen LogP contribution in [0, 0.1) is 18.6 Å². The van der Waals surface area contributed by atoms with Crippen LogP contribution in [0.25, 0.3) is 16.9 Å². The van der Waals surface area contributed by atoms with E-state index in [1.807, 2.05) is 35.9 Å². The first kappa shape index (κ1) is 17.7. The molecule has 2 N–H and O–H groups in total. The predicted octanol–water partition coefficient (Wildman–Crippen LogP) is 4.55. The van der Waals surface area contributed by atoms with Crippen molar-refractivity contribution < 1.29 is 18.7 Å². The second-order valence-corrected chi connectivity index (χ2v) is 6.42. The van der Waals surface area contributed by atoms with E-state index < -0.39 is 23.3 Å². The first-order valence-corrected chi connectivity index (χ1v) is 8.46. The number of aromatic nitrogens is 2. The van der Waals surface area contributed by atoms with Crippen LogP contribution in [0.4, 0.5) is 14.5 Å². The summed E-state index contributed by atoms with van der Waals surface area (Å²) in [6.45, 7) is 2.00. The lowest BCUT2D eigenvalue weighted by Gasteiger charge is -2.07. The summed E-state index contributed by atoms with van der Waals surface area (Å²) >= 11 is 0. The summed E-state index contributed by atoms with van der Waals surface area (Å²) in [7, 11) is 0. The highest BCUT2D eigenvalue weighted by Gasteiger charge is 2.15. The minimum absolute atomic E-state index is 0.229. The van der Waals surface area contributed by atoms with Gasteiger partial charge in [-0.15, -0.1) is 0 Å². The molecular formula is C21H15F2N3O2. The van der Waals surface area contributed by atoms with Crippen LogP contribution in [-0.4, -0.2) is 20.4 Å². The summed E-state index contributed by atoms with van der Waals surface area (Å²) in [4.78, 5) is 16.8. The van der Waals surface area contributed by atoms with Crippen molar-refractivity contribution in [1.82, 2.24) is 9.38 Å². The Morgan fingerprint density at radius 2 is 1.71 bits per heavy atom. The quantitative estimate of drug-likeness (QED) is 0.549. The van der Waals surface area contributed by atoms with Crippen LogP contribution in [-0.2, 0) is 0 Å². The number of nitrogens with zero attached hydrogens (tertiary/aromatic N) is 2. The molecule has 0 radical (unpaired) electrons. The van der Waals surface area contributed by atoms with Crippen molar-refractivity contribution in [3.05, 3.63) is 83.7 Å². The summed E-state index contributed by atoms with van der Waals surface area (Å²) in [5.41, 5.74) is 3.83. The van der Waals surface area contributed by atoms with E-state index in [9.17, 15) is 13.6 Å². The van der Waals surface area contributed by atoms with Crippen LogP contribution in [0.3, 0.4) is 0 Å². The molecule has 28 heavy (non-hydrogen) atoms. The van der Waals surface area contributed by atoms with Gasteiger partial charge in [-0.1, -0.05) is 18.2 Å². The van der Waals surface area contributed by atoms with Crippen LogP contribution in [0.1, 0.15) is 15.9 Å². The van der Waals surface area contributed by atoms with Gasteiger partial charge in [0.25, 0.3) is 5.91 Å². The molecule has 0 unspecified atom stereocenters. The minimum Gasteiger partial charge on any atom is -0.503 e. The number of carbonyl (C=O) groups is 1. The molecule has 0 saturated heterocycles. The molecule has 0 saturated carbocycles. The molecule has 4 rings (SSSR count). The van der Waals surface area contributed by atoms with Gasteiger partial charge in [0.15, 0.2) is 17.4 Å². The molecule has 4 aromatic rings. The number of carbonyl (C=O) groups excluding carboxylic acids is 1. The van der Waals surface area contributed by atoms with Crippen LogP contribution in [0.2, 0.25) is 0 Å². The van der Waals surface area contributed by atoms with Gasteiger partial charge in [0, 0.05) is 29.2 Å². The number of aryl methyl sites for hydroxylation is 1. The Morgan fingerprint density at radius 1 is 1.04 bits per heavy atom. The van der Waals surface area contributed by atoms with E-state index in [2.05, 4.69) is 10.3 Å². The van der Waals surface area contributed by atoms with E-state index in [4.69, 9.17) is 5.11 Å². The lowest BCUT2D eigenvalue weighted by Crippen LogP contribution is -2.12. The van der Waals surface area contributed by atoms with Crippen LogP contribution < -0.4 is 5.32 Å². The van der Waals surface area contributed by atoms with Crippen LogP contribution in [0.5, 0.6) is 5.75 Å². The van der Waals surface area contributed by atoms with Crippen LogP contribution in [0.15, 0.2) is 60.9 Å². The number of phenolic OH excluding ortho intramolecular Hbond substituents is 1. The standard InChI is InChI=1S/C21H15F2N3O2/c1-12-2-7-19-25-18(11-26(19)10-12)13-3-5-15(6-4-13)24-21(28)14-8-16(22)20(27)17(23)9-14/h2-11,27H,1H3,(H,24,28). The van der Waals surface area contributed by atoms with Gasteiger partial charge < -0.3 is 14.8 Å². The van der Waals surface area contributed by atoms with E-state index in [-0.39, 0.29) is 5.56 Å². The Labute approximate surface area is 158 Å². The van der Waals surface area contributed by atoms with Crippen molar-refractivity contribution >= 4 is 17.2 Å². The maximum Gasteiger partial charge on any atom is 0.255 e. The molecule has 5 nitrogen and oxygen atoms in total. The van der Waals surface area contributed by atoms with Gasteiger partial charge in [-0.25, -0.2) is 13.8 Å². The molecule has 1 amide bonds. The smallest absolute Gasteiger partial charge is 0.255 e. The number of nitrogens with one attached hydrogen (secondary N) is 1. The number of amides is 1. The van der Waals surface area contributed by atoms with Gasteiger partial charge in [0.1, 0.15) is 5.65 Å². The lowest BCUT2D eigenvalue weighted by molar-refractivity contribution is 0.102.